The number of carbonyl (C=O) groups is 3. The summed E-state index contributed by atoms with van der Waals surface area (Å²) in [7, 11) is 0. The molecule has 1 aliphatic heterocycles. The van der Waals surface area contributed by atoms with Gasteiger partial charge in [0.25, 0.3) is 0 Å². The summed E-state index contributed by atoms with van der Waals surface area (Å²) < 4.78 is 19.2. The van der Waals surface area contributed by atoms with Crippen molar-refractivity contribution in [3.8, 4) is 0 Å². The predicted octanol–water partition coefficient (Wildman–Crippen LogP) is 2.20. The number of anilines is 1. The minimum absolute atomic E-state index is 0.112. The first-order valence-corrected chi connectivity index (χ1v) is 6.81. The van der Waals surface area contributed by atoms with Crippen molar-refractivity contribution in [2.45, 2.75) is 38.3 Å². The molecule has 2 rings (SSSR count). The number of nitrogens with zero attached hydrogens (tertiary/aromatic N) is 1. The quantitative estimate of drug-likeness (QED) is 0.864. The van der Waals surface area contributed by atoms with Crippen LogP contribution in [0, 0.1) is 5.82 Å². The van der Waals surface area contributed by atoms with Gasteiger partial charge in [-0.1, -0.05) is 6.07 Å². The zero-order valence-corrected chi connectivity index (χ0v) is 12.7. The second-order valence-corrected chi connectivity index (χ2v) is 6.12. The molecule has 8 heteroatoms. The number of hydrogen-bond donors (Lipinski definition) is 2. The molecule has 1 heterocycles. The average molecular weight is 325 g/mol. The highest BCUT2D eigenvalue weighted by atomic mass is 19.1. The van der Waals surface area contributed by atoms with Crippen molar-refractivity contribution in [2.24, 2.45) is 0 Å². The fraction of sp³-hybridized carbons (Fsp3) is 0.400. The van der Waals surface area contributed by atoms with Gasteiger partial charge in [-0.25, -0.2) is 14.0 Å². The molecule has 2 N–H and O–H groups in total. The second-order valence-electron chi connectivity index (χ2n) is 6.12. The van der Waals surface area contributed by atoms with Crippen LogP contribution >= 0.6 is 0 Å². The van der Waals surface area contributed by atoms with E-state index in [9.17, 15) is 29.0 Å². The largest absolute Gasteiger partial charge is 0.481 e. The molecular formula is C15H16FNO6. The van der Waals surface area contributed by atoms with Crippen LogP contribution in [0.2, 0.25) is 0 Å². The fourth-order valence-corrected chi connectivity index (χ4v) is 2.53. The Morgan fingerprint density at radius 2 is 1.78 bits per heavy atom. The van der Waals surface area contributed by atoms with Crippen molar-refractivity contribution in [1.82, 2.24) is 0 Å². The van der Waals surface area contributed by atoms with E-state index in [4.69, 9.17) is 4.74 Å². The molecule has 0 saturated heterocycles. The highest BCUT2D eigenvalue weighted by molar-refractivity contribution is 6.04. The summed E-state index contributed by atoms with van der Waals surface area (Å²) in [4.78, 5) is 36.0. The van der Waals surface area contributed by atoms with Gasteiger partial charge in [0.05, 0.1) is 5.69 Å². The molecule has 1 amide bonds. The highest BCUT2D eigenvalue weighted by Crippen LogP contribution is 2.43. The topological polar surface area (TPSA) is 104 Å². The lowest BCUT2D eigenvalue weighted by Crippen LogP contribution is -2.48. The third-order valence-corrected chi connectivity index (χ3v) is 3.30. The summed E-state index contributed by atoms with van der Waals surface area (Å²) in [6.45, 7) is 4.74. The van der Waals surface area contributed by atoms with E-state index in [0.29, 0.717) is 4.90 Å². The molecule has 0 bridgehead atoms. The van der Waals surface area contributed by atoms with Gasteiger partial charge in [-0.3, -0.25) is 9.69 Å². The Labute approximate surface area is 131 Å². The minimum atomic E-state index is -1.78. The predicted molar refractivity (Wildman–Crippen MR) is 76.9 cm³/mol. The molecule has 124 valence electrons. The summed E-state index contributed by atoms with van der Waals surface area (Å²) in [6.07, 6.45) is -1.04. The van der Waals surface area contributed by atoms with Crippen LogP contribution in [-0.2, 0) is 14.3 Å². The van der Waals surface area contributed by atoms with Crippen molar-refractivity contribution in [1.29, 1.82) is 0 Å². The summed E-state index contributed by atoms with van der Waals surface area (Å²) in [6, 6.07) is 1.80. The van der Waals surface area contributed by atoms with Gasteiger partial charge >= 0.3 is 18.0 Å². The number of carboxylic acids is 2. The Balaban J connectivity index is 2.61. The van der Waals surface area contributed by atoms with E-state index in [2.05, 4.69) is 0 Å². The third kappa shape index (κ3) is 2.96. The average Bonchev–Trinajstić information content (AvgIpc) is 2.73. The number of benzene rings is 1. The van der Waals surface area contributed by atoms with Gasteiger partial charge in [-0.05, 0) is 32.9 Å². The fourth-order valence-electron chi connectivity index (χ4n) is 2.53. The van der Waals surface area contributed by atoms with E-state index in [1.165, 1.54) is 12.1 Å². The molecule has 0 aliphatic carbocycles. The Bertz CT molecular complexity index is 681. The minimum Gasteiger partial charge on any atom is -0.481 e. The lowest BCUT2D eigenvalue weighted by atomic mass is 9.95. The SMILES string of the molecule is CC(C)(C)OC(=O)N1c2cccc(F)c2[C@H](C(=O)O)[C@H]1C(=O)O. The van der Waals surface area contributed by atoms with E-state index in [1.54, 1.807) is 20.8 Å². The summed E-state index contributed by atoms with van der Waals surface area (Å²) in [5, 5.41) is 18.7. The molecule has 0 aromatic heterocycles. The lowest BCUT2D eigenvalue weighted by molar-refractivity contribution is -0.146. The van der Waals surface area contributed by atoms with Crippen LogP contribution in [0.15, 0.2) is 18.2 Å². The Morgan fingerprint density at radius 3 is 2.26 bits per heavy atom. The number of ether oxygens (including phenoxy) is 1. The maximum atomic E-state index is 14.1. The number of aliphatic carboxylic acids is 2. The molecule has 0 spiro atoms. The zero-order chi connectivity index (χ0) is 17.5. The smallest absolute Gasteiger partial charge is 0.415 e. The number of carboxylic acid groups (broad SMARTS) is 2. The second kappa shape index (κ2) is 5.53. The van der Waals surface area contributed by atoms with Crippen LogP contribution in [0.4, 0.5) is 14.9 Å². The zero-order valence-electron chi connectivity index (χ0n) is 12.7. The third-order valence-electron chi connectivity index (χ3n) is 3.30. The molecular weight excluding hydrogens is 309 g/mol. The van der Waals surface area contributed by atoms with Gasteiger partial charge in [-0.15, -0.1) is 0 Å². The summed E-state index contributed by atoms with van der Waals surface area (Å²) >= 11 is 0. The first-order chi connectivity index (χ1) is 10.5. The molecule has 7 nitrogen and oxygen atoms in total. The van der Waals surface area contributed by atoms with Gasteiger partial charge in [0, 0.05) is 5.56 Å². The molecule has 1 aromatic rings. The normalized spacial score (nSPS) is 20.1. The van der Waals surface area contributed by atoms with Crippen molar-refractivity contribution in [3.05, 3.63) is 29.6 Å². The molecule has 1 aliphatic rings. The molecule has 0 radical (unpaired) electrons. The van der Waals surface area contributed by atoms with Crippen LogP contribution in [0.3, 0.4) is 0 Å². The summed E-state index contributed by atoms with van der Waals surface area (Å²) in [5.74, 6) is -5.68. The van der Waals surface area contributed by atoms with Gasteiger partial charge in [0.2, 0.25) is 0 Å². The van der Waals surface area contributed by atoms with Crippen molar-refractivity contribution >= 4 is 23.7 Å². The Hall–Kier alpha value is -2.64. The van der Waals surface area contributed by atoms with Gasteiger partial charge in [0.1, 0.15) is 17.3 Å². The van der Waals surface area contributed by atoms with Gasteiger partial charge in [-0.2, -0.15) is 0 Å². The first kappa shape index (κ1) is 16.7. The van der Waals surface area contributed by atoms with E-state index in [0.717, 1.165) is 6.07 Å². The standard InChI is InChI=1S/C15H16FNO6/c1-15(2,3)23-14(22)17-8-6-4-5-7(16)9(8)10(12(18)19)11(17)13(20)21/h4-6,10-11H,1-3H3,(H,18,19)(H,20,21)/t10-,11-/m0/s1. The maximum absolute atomic E-state index is 14.1. The van der Waals surface area contributed by atoms with Crippen molar-refractivity contribution < 1.29 is 33.7 Å². The Morgan fingerprint density at radius 1 is 1.17 bits per heavy atom. The van der Waals surface area contributed by atoms with Gasteiger partial charge in [0.15, 0.2) is 6.04 Å². The monoisotopic (exact) mass is 325 g/mol. The maximum Gasteiger partial charge on any atom is 0.415 e. The van der Waals surface area contributed by atoms with Crippen LogP contribution < -0.4 is 4.90 Å². The van der Waals surface area contributed by atoms with Gasteiger partial charge < -0.3 is 14.9 Å². The molecule has 23 heavy (non-hydrogen) atoms. The van der Waals surface area contributed by atoms with Crippen LogP contribution in [-0.4, -0.2) is 39.9 Å². The summed E-state index contributed by atoms with van der Waals surface area (Å²) in [5.41, 5.74) is -1.37. The van der Waals surface area contributed by atoms with E-state index in [-0.39, 0.29) is 11.3 Å². The number of rotatable bonds is 2. The molecule has 0 fully saturated rings. The van der Waals surface area contributed by atoms with Crippen LogP contribution in [0.1, 0.15) is 32.3 Å². The number of halogens is 1. The molecule has 1 aromatic carbocycles. The van der Waals surface area contributed by atoms with E-state index in [1.807, 2.05) is 0 Å². The first-order valence-electron chi connectivity index (χ1n) is 6.81. The van der Waals surface area contributed by atoms with Crippen LogP contribution in [0.25, 0.3) is 0 Å². The number of carbonyl (C=O) groups excluding carboxylic acids is 1. The molecule has 0 saturated carbocycles. The lowest BCUT2D eigenvalue weighted by Gasteiger charge is -2.28. The van der Waals surface area contributed by atoms with Crippen LogP contribution in [0.5, 0.6) is 0 Å². The van der Waals surface area contributed by atoms with E-state index < -0.39 is 41.4 Å². The number of hydrogen-bond acceptors (Lipinski definition) is 4. The highest BCUT2D eigenvalue weighted by Gasteiger charge is 2.52. The van der Waals surface area contributed by atoms with Crippen molar-refractivity contribution in [3.63, 3.8) is 0 Å². The molecule has 0 unspecified atom stereocenters. The Kier molecular flexibility index (Phi) is 4.02. The van der Waals surface area contributed by atoms with Crippen molar-refractivity contribution in [2.75, 3.05) is 4.90 Å². The number of amides is 1. The number of fused-ring (bicyclic) bond motifs is 1. The van der Waals surface area contributed by atoms with E-state index >= 15 is 0 Å². The molecule has 2 atom stereocenters.